The minimum absolute atomic E-state index is 0.381. The fourth-order valence-electron chi connectivity index (χ4n) is 3.02. The highest BCUT2D eigenvalue weighted by atomic mass is 16.5. The third-order valence-corrected chi connectivity index (χ3v) is 4.58. The lowest BCUT2D eigenvalue weighted by atomic mass is 10.1. The standard InChI is InChI=1S/C18H30N4O/c1-15(21(3)17-8-6-5-7-9-17)12-20-18(19-2)22-11-10-16(13-22)14-23-4/h5-9,15-16H,10-14H2,1-4H3,(H,19,20). The molecule has 0 spiro atoms. The fraction of sp³-hybridized carbons (Fsp3) is 0.611. The largest absolute Gasteiger partial charge is 0.384 e. The van der Waals surface area contributed by atoms with Crippen LogP contribution < -0.4 is 10.2 Å². The van der Waals surface area contributed by atoms with Gasteiger partial charge in [-0.1, -0.05) is 18.2 Å². The van der Waals surface area contributed by atoms with Crippen molar-refractivity contribution < 1.29 is 4.74 Å². The fourth-order valence-corrected chi connectivity index (χ4v) is 3.02. The maximum Gasteiger partial charge on any atom is 0.193 e. The molecule has 2 rings (SSSR count). The molecule has 5 nitrogen and oxygen atoms in total. The Labute approximate surface area is 140 Å². The van der Waals surface area contributed by atoms with Crippen molar-refractivity contribution in [2.45, 2.75) is 19.4 Å². The Morgan fingerprint density at radius 2 is 2.17 bits per heavy atom. The number of methoxy groups -OCH3 is 1. The summed E-state index contributed by atoms with van der Waals surface area (Å²) in [6.45, 7) is 6.00. The number of benzene rings is 1. The molecule has 0 aromatic heterocycles. The van der Waals surface area contributed by atoms with Crippen molar-refractivity contribution in [1.82, 2.24) is 10.2 Å². The van der Waals surface area contributed by atoms with Gasteiger partial charge in [-0.3, -0.25) is 4.99 Å². The van der Waals surface area contributed by atoms with Crippen LogP contribution in [0.15, 0.2) is 35.3 Å². The van der Waals surface area contributed by atoms with Crippen molar-refractivity contribution in [3.63, 3.8) is 0 Å². The van der Waals surface area contributed by atoms with Gasteiger partial charge in [0.1, 0.15) is 0 Å². The van der Waals surface area contributed by atoms with Gasteiger partial charge in [0.25, 0.3) is 0 Å². The van der Waals surface area contributed by atoms with E-state index in [0.29, 0.717) is 12.0 Å². The minimum atomic E-state index is 0.381. The van der Waals surface area contributed by atoms with Crippen LogP contribution in [0.5, 0.6) is 0 Å². The van der Waals surface area contributed by atoms with E-state index in [2.05, 4.69) is 58.3 Å². The topological polar surface area (TPSA) is 40.1 Å². The van der Waals surface area contributed by atoms with E-state index in [1.54, 1.807) is 7.11 Å². The SMILES string of the molecule is CN=C(NCC(C)N(C)c1ccccc1)N1CCC(COC)C1. The molecular formula is C18H30N4O. The van der Waals surface area contributed by atoms with Gasteiger partial charge in [-0.25, -0.2) is 0 Å². The minimum Gasteiger partial charge on any atom is -0.384 e. The van der Waals surface area contributed by atoms with Crippen LogP contribution in [0, 0.1) is 5.92 Å². The molecular weight excluding hydrogens is 288 g/mol. The summed E-state index contributed by atoms with van der Waals surface area (Å²) in [5.41, 5.74) is 1.23. The van der Waals surface area contributed by atoms with Crippen LogP contribution in [0.2, 0.25) is 0 Å². The van der Waals surface area contributed by atoms with Crippen LogP contribution in [0.1, 0.15) is 13.3 Å². The van der Waals surface area contributed by atoms with E-state index in [0.717, 1.165) is 32.2 Å². The number of hydrogen-bond acceptors (Lipinski definition) is 3. The van der Waals surface area contributed by atoms with Gasteiger partial charge in [0.2, 0.25) is 0 Å². The smallest absolute Gasteiger partial charge is 0.193 e. The first-order valence-electron chi connectivity index (χ1n) is 8.38. The number of likely N-dealkylation sites (tertiary alicyclic amines) is 1. The zero-order valence-corrected chi connectivity index (χ0v) is 14.8. The number of guanidine groups is 1. The molecule has 1 aliphatic heterocycles. The molecule has 1 saturated heterocycles. The van der Waals surface area contributed by atoms with E-state index in [4.69, 9.17) is 4.74 Å². The summed E-state index contributed by atoms with van der Waals surface area (Å²) in [6, 6.07) is 10.9. The molecule has 0 amide bonds. The highest BCUT2D eigenvalue weighted by molar-refractivity contribution is 5.80. The second kappa shape index (κ2) is 8.77. The van der Waals surface area contributed by atoms with Gasteiger partial charge in [0.15, 0.2) is 5.96 Å². The summed E-state index contributed by atoms with van der Waals surface area (Å²) in [4.78, 5) is 9.06. The Balaban J connectivity index is 1.84. The number of anilines is 1. The number of likely N-dealkylation sites (N-methyl/N-ethyl adjacent to an activating group) is 1. The van der Waals surface area contributed by atoms with Gasteiger partial charge in [-0.05, 0) is 25.5 Å². The van der Waals surface area contributed by atoms with E-state index in [9.17, 15) is 0 Å². The Kier molecular flexibility index (Phi) is 6.71. The van der Waals surface area contributed by atoms with E-state index in [1.807, 2.05) is 13.1 Å². The molecule has 1 aliphatic rings. The molecule has 5 heteroatoms. The van der Waals surface area contributed by atoms with Crippen molar-refractivity contribution >= 4 is 11.6 Å². The van der Waals surface area contributed by atoms with Crippen molar-refractivity contribution in [2.75, 3.05) is 52.3 Å². The molecule has 128 valence electrons. The van der Waals surface area contributed by atoms with Gasteiger partial charge in [-0.2, -0.15) is 0 Å². The third-order valence-electron chi connectivity index (χ3n) is 4.58. The van der Waals surface area contributed by atoms with Crippen LogP contribution >= 0.6 is 0 Å². The van der Waals surface area contributed by atoms with Crippen molar-refractivity contribution in [2.24, 2.45) is 10.9 Å². The molecule has 0 bridgehead atoms. The Bertz CT molecular complexity index is 491. The van der Waals surface area contributed by atoms with E-state index in [1.165, 1.54) is 12.1 Å². The van der Waals surface area contributed by atoms with Gasteiger partial charge in [-0.15, -0.1) is 0 Å². The van der Waals surface area contributed by atoms with E-state index in [-0.39, 0.29) is 0 Å². The van der Waals surface area contributed by atoms with Crippen LogP contribution in [0.4, 0.5) is 5.69 Å². The average Bonchev–Trinajstić information content (AvgIpc) is 3.04. The zero-order chi connectivity index (χ0) is 16.7. The summed E-state index contributed by atoms with van der Waals surface area (Å²) in [5.74, 6) is 1.61. The monoisotopic (exact) mass is 318 g/mol. The number of para-hydroxylation sites is 1. The van der Waals surface area contributed by atoms with Crippen molar-refractivity contribution in [3.05, 3.63) is 30.3 Å². The summed E-state index contributed by atoms with van der Waals surface area (Å²) < 4.78 is 5.27. The highest BCUT2D eigenvalue weighted by Crippen LogP contribution is 2.17. The van der Waals surface area contributed by atoms with Crippen molar-refractivity contribution in [1.29, 1.82) is 0 Å². The maximum atomic E-state index is 5.27. The Morgan fingerprint density at radius 3 is 2.83 bits per heavy atom. The molecule has 0 radical (unpaired) electrons. The molecule has 1 N–H and O–H groups in total. The van der Waals surface area contributed by atoms with Gasteiger partial charge < -0.3 is 19.9 Å². The molecule has 2 unspecified atom stereocenters. The highest BCUT2D eigenvalue weighted by Gasteiger charge is 2.25. The average molecular weight is 318 g/mol. The Morgan fingerprint density at radius 1 is 1.43 bits per heavy atom. The molecule has 1 aromatic carbocycles. The predicted octanol–water partition coefficient (Wildman–Crippen LogP) is 2.05. The summed E-state index contributed by atoms with van der Waals surface area (Å²) in [5, 5.41) is 3.52. The van der Waals surface area contributed by atoms with E-state index < -0.39 is 0 Å². The molecule has 1 fully saturated rings. The van der Waals surface area contributed by atoms with Crippen molar-refractivity contribution in [3.8, 4) is 0 Å². The number of nitrogens with zero attached hydrogens (tertiary/aromatic N) is 3. The van der Waals surface area contributed by atoms with Gasteiger partial charge >= 0.3 is 0 Å². The molecule has 1 heterocycles. The second-order valence-corrected chi connectivity index (χ2v) is 6.28. The predicted molar refractivity (Wildman–Crippen MR) is 97.2 cm³/mol. The van der Waals surface area contributed by atoms with Crippen LogP contribution in [0.25, 0.3) is 0 Å². The third kappa shape index (κ3) is 4.86. The van der Waals surface area contributed by atoms with Gasteiger partial charge in [0, 0.05) is 58.5 Å². The molecule has 0 saturated carbocycles. The summed E-state index contributed by atoms with van der Waals surface area (Å²) in [7, 11) is 5.77. The lowest BCUT2D eigenvalue weighted by Gasteiger charge is -2.29. The molecule has 23 heavy (non-hydrogen) atoms. The maximum absolute atomic E-state index is 5.27. The first-order chi connectivity index (χ1) is 11.2. The second-order valence-electron chi connectivity index (χ2n) is 6.28. The van der Waals surface area contributed by atoms with Crippen LogP contribution in [0.3, 0.4) is 0 Å². The van der Waals surface area contributed by atoms with Crippen LogP contribution in [-0.2, 0) is 4.74 Å². The van der Waals surface area contributed by atoms with E-state index >= 15 is 0 Å². The number of rotatable bonds is 6. The lowest BCUT2D eigenvalue weighted by Crippen LogP contribution is -2.46. The molecule has 1 aromatic rings. The quantitative estimate of drug-likeness (QED) is 0.644. The summed E-state index contributed by atoms with van der Waals surface area (Å²) >= 11 is 0. The first-order valence-corrected chi connectivity index (χ1v) is 8.38. The number of ether oxygens (including phenoxy) is 1. The number of hydrogen-bond donors (Lipinski definition) is 1. The zero-order valence-electron chi connectivity index (χ0n) is 14.8. The first kappa shape index (κ1) is 17.6. The molecule has 0 aliphatic carbocycles. The summed E-state index contributed by atoms with van der Waals surface area (Å²) in [6.07, 6.45) is 1.17. The number of aliphatic imine (C=N–C) groups is 1. The Hall–Kier alpha value is -1.75. The lowest BCUT2D eigenvalue weighted by molar-refractivity contribution is 0.157. The van der Waals surface area contributed by atoms with Crippen LogP contribution in [-0.4, -0.2) is 64.3 Å². The normalized spacial score (nSPS) is 19.7. The van der Waals surface area contributed by atoms with Gasteiger partial charge in [0.05, 0.1) is 6.61 Å². The number of nitrogens with one attached hydrogen (secondary N) is 1. The molecule has 2 atom stereocenters.